The summed E-state index contributed by atoms with van der Waals surface area (Å²) < 4.78 is 5.27. The van der Waals surface area contributed by atoms with E-state index in [0.717, 1.165) is 5.69 Å². The Balaban J connectivity index is 2.16. The lowest BCUT2D eigenvalue weighted by Gasteiger charge is -2.35. The van der Waals surface area contributed by atoms with Crippen LogP contribution >= 0.6 is 0 Å². The number of aryl methyl sites for hydroxylation is 1. The predicted octanol–water partition coefficient (Wildman–Crippen LogP) is 0.0468. The summed E-state index contributed by atoms with van der Waals surface area (Å²) in [5.41, 5.74) is 5.83. The molecule has 0 aromatic carbocycles. The van der Waals surface area contributed by atoms with Crippen molar-refractivity contribution in [1.29, 1.82) is 5.41 Å². The molecule has 0 atom stereocenters. The molecule has 0 spiro atoms. The van der Waals surface area contributed by atoms with E-state index in [9.17, 15) is 5.11 Å². The molecule has 0 bridgehead atoms. The zero-order chi connectivity index (χ0) is 14.8. The highest BCUT2D eigenvalue weighted by molar-refractivity contribution is 5.93. The predicted molar refractivity (Wildman–Crippen MR) is 76.1 cm³/mol. The lowest BCUT2D eigenvalue weighted by Crippen LogP contribution is -2.46. The van der Waals surface area contributed by atoms with Crippen LogP contribution in [0.25, 0.3) is 0 Å². The van der Waals surface area contributed by atoms with E-state index < -0.39 is 5.60 Å². The Bertz CT molecular complexity index is 500. The van der Waals surface area contributed by atoms with Gasteiger partial charge in [0.2, 0.25) is 5.95 Å². The number of anilines is 1. The highest BCUT2D eigenvalue weighted by Crippen LogP contribution is 2.22. The molecule has 110 valence electrons. The molecule has 0 saturated carbocycles. The number of amidine groups is 1. The fraction of sp³-hybridized carbons (Fsp3) is 0.615. The van der Waals surface area contributed by atoms with Gasteiger partial charge in [0, 0.05) is 45.3 Å². The van der Waals surface area contributed by atoms with E-state index in [0.29, 0.717) is 44.2 Å². The minimum Gasteiger partial charge on any atom is -0.388 e. The third-order valence-electron chi connectivity index (χ3n) is 3.41. The standard InChI is InChI=1S/C13H21N5O2/c1-9-7-10(11(14)15)17-12(16-9)18(2)8-13(19)3-5-20-6-4-13/h7,19H,3-6,8H2,1-2H3,(H3,14,15). The number of nitrogens with two attached hydrogens (primary N) is 1. The van der Waals surface area contributed by atoms with Gasteiger partial charge in [0.05, 0.1) is 5.60 Å². The quantitative estimate of drug-likeness (QED) is 0.531. The molecule has 7 nitrogen and oxygen atoms in total. The van der Waals surface area contributed by atoms with Crippen molar-refractivity contribution < 1.29 is 9.84 Å². The summed E-state index contributed by atoms with van der Waals surface area (Å²) in [5, 5.41) is 18.0. The molecule has 2 heterocycles. The lowest BCUT2D eigenvalue weighted by atomic mass is 9.94. The summed E-state index contributed by atoms with van der Waals surface area (Å²) in [7, 11) is 1.83. The molecule has 1 saturated heterocycles. The van der Waals surface area contributed by atoms with Gasteiger partial charge in [0.25, 0.3) is 0 Å². The molecule has 1 aliphatic heterocycles. The number of likely N-dealkylation sites (N-methyl/N-ethyl adjacent to an activating group) is 1. The molecule has 0 unspecified atom stereocenters. The van der Waals surface area contributed by atoms with Crippen molar-refractivity contribution >= 4 is 11.8 Å². The van der Waals surface area contributed by atoms with Crippen LogP contribution in [0.4, 0.5) is 5.95 Å². The maximum Gasteiger partial charge on any atom is 0.226 e. The molecule has 20 heavy (non-hydrogen) atoms. The van der Waals surface area contributed by atoms with Crippen LogP contribution in [-0.4, -0.2) is 53.3 Å². The van der Waals surface area contributed by atoms with Crippen molar-refractivity contribution in [3.8, 4) is 0 Å². The van der Waals surface area contributed by atoms with Gasteiger partial charge in [0.15, 0.2) is 0 Å². The number of rotatable bonds is 4. The minimum absolute atomic E-state index is 0.0880. The van der Waals surface area contributed by atoms with E-state index in [1.165, 1.54) is 0 Å². The van der Waals surface area contributed by atoms with Gasteiger partial charge in [-0.3, -0.25) is 5.41 Å². The van der Waals surface area contributed by atoms with Crippen LogP contribution < -0.4 is 10.6 Å². The number of hydrogen-bond acceptors (Lipinski definition) is 6. The maximum atomic E-state index is 10.5. The van der Waals surface area contributed by atoms with Gasteiger partial charge in [-0.2, -0.15) is 0 Å². The molecule has 7 heteroatoms. The number of nitrogens with zero attached hydrogens (tertiary/aromatic N) is 3. The van der Waals surface area contributed by atoms with E-state index in [4.69, 9.17) is 15.9 Å². The van der Waals surface area contributed by atoms with E-state index in [2.05, 4.69) is 9.97 Å². The molecule has 1 aromatic rings. The second-order valence-electron chi connectivity index (χ2n) is 5.30. The average Bonchev–Trinajstić information content (AvgIpc) is 2.38. The van der Waals surface area contributed by atoms with E-state index >= 15 is 0 Å². The van der Waals surface area contributed by atoms with Crippen molar-refractivity contribution in [1.82, 2.24) is 9.97 Å². The Hall–Kier alpha value is -1.73. The van der Waals surface area contributed by atoms with Crippen LogP contribution in [0.5, 0.6) is 0 Å². The number of aliphatic hydroxyl groups is 1. The topological polar surface area (TPSA) is 108 Å². The number of nitrogens with one attached hydrogen (secondary N) is 1. The van der Waals surface area contributed by atoms with Crippen LogP contribution in [-0.2, 0) is 4.74 Å². The average molecular weight is 279 g/mol. The van der Waals surface area contributed by atoms with Crippen molar-refractivity contribution in [2.45, 2.75) is 25.4 Å². The smallest absolute Gasteiger partial charge is 0.226 e. The highest BCUT2D eigenvalue weighted by atomic mass is 16.5. The van der Waals surface area contributed by atoms with Gasteiger partial charge in [0.1, 0.15) is 11.5 Å². The van der Waals surface area contributed by atoms with Gasteiger partial charge in [-0.25, -0.2) is 9.97 Å². The normalized spacial score (nSPS) is 17.8. The van der Waals surface area contributed by atoms with E-state index in [1.807, 2.05) is 14.0 Å². The largest absolute Gasteiger partial charge is 0.388 e. The first-order chi connectivity index (χ1) is 9.39. The molecule has 2 rings (SSSR count). The van der Waals surface area contributed by atoms with Crippen LogP contribution in [0.2, 0.25) is 0 Å². The fourth-order valence-corrected chi connectivity index (χ4v) is 2.28. The van der Waals surface area contributed by atoms with E-state index in [1.54, 1.807) is 11.0 Å². The summed E-state index contributed by atoms with van der Waals surface area (Å²) in [5.74, 6) is 0.380. The molecular weight excluding hydrogens is 258 g/mol. The molecule has 0 aliphatic carbocycles. The number of hydrogen-bond donors (Lipinski definition) is 3. The number of aromatic nitrogens is 2. The molecule has 1 aliphatic rings. The van der Waals surface area contributed by atoms with Gasteiger partial charge in [-0.15, -0.1) is 0 Å². The molecule has 1 aromatic heterocycles. The van der Waals surface area contributed by atoms with Crippen molar-refractivity contribution in [2.75, 3.05) is 31.7 Å². The maximum absolute atomic E-state index is 10.5. The molecule has 4 N–H and O–H groups in total. The van der Waals surface area contributed by atoms with E-state index in [-0.39, 0.29) is 5.84 Å². The van der Waals surface area contributed by atoms with Gasteiger partial charge < -0.3 is 20.5 Å². The SMILES string of the molecule is Cc1cc(C(=N)N)nc(N(C)CC2(O)CCOCC2)n1. The first kappa shape index (κ1) is 14.7. The Morgan fingerprint density at radius 3 is 2.75 bits per heavy atom. The monoisotopic (exact) mass is 279 g/mol. The second-order valence-corrected chi connectivity index (χ2v) is 5.30. The Labute approximate surface area is 118 Å². The Morgan fingerprint density at radius 2 is 2.15 bits per heavy atom. The summed E-state index contributed by atoms with van der Waals surface area (Å²) in [4.78, 5) is 10.4. The summed E-state index contributed by atoms with van der Waals surface area (Å²) in [6.07, 6.45) is 1.20. The summed E-state index contributed by atoms with van der Waals surface area (Å²) in [6, 6.07) is 1.67. The number of ether oxygens (including phenoxy) is 1. The highest BCUT2D eigenvalue weighted by Gasteiger charge is 2.31. The summed E-state index contributed by atoms with van der Waals surface area (Å²) in [6.45, 7) is 3.39. The van der Waals surface area contributed by atoms with Crippen LogP contribution in [0.3, 0.4) is 0 Å². The molecule has 1 fully saturated rings. The first-order valence-electron chi connectivity index (χ1n) is 6.61. The fourth-order valence-electron chi connectivity index (χ4n) is 2.28. The van der Waals surface area contributed by atoms with Crippen molar-refractivity contribution in [2.24, 2.45) is 5.73 Å². The number of nitrogen functional groups attached to an aromatic ring is 1. The molecule has 0 radical (unpaired) electrons. The van der Waals surface area contributed by atoms with Crippen LogP contribution in [0.15, 0.2) is 6.07 Å². The van der Waals surface area contributed by atoms with Crippen molar-refractivity contribution in [3.05, 3.63) is 17.5 Å². The molecular formula is C13H21N5O2. The third kappa shape index (κ3) is 3.43. The summed E-state index contributed by atoms with van der Waals surface area (Å²) >= 11 is 0. The van der Waals surface area contributed by atoms with Gasteiger partial charge in [-0.05, 0) is 13.0 Å². The first-order valence-corrected chi connectivity index (χ1v) is 6.61. The molecule has 0 amide bonds. The zero-order valence-electron chi connectivity index (χ0n) is 11.9. The zero-order valence-corrected chi connectivity index (χ0v) is 11.9. The second kappa shape index (κ2) is 5.72. The minimum atomic E-state index is -0.781. The Kier molecular flexibility index (Phi) is 4.20. The third-order valence-corrected chi connectivity index (χ3v) is 3.41. The van der Waals surface area contributed by atoms with Crippen LogP contribution in [0.1, 0.15) is 24.2 Å². The Morgan fingerprint density at radius 1 is 1.50 bits per heavy atom. The lowest BCUT2D eigenvalue weighted by molar-refractivity contribution is -0.0574. The van der Waals surface area contributed by atoms with Gasteiger partial charge >= 0.3 is 0 Å². The van der Waals surface area contributed by atoms with Gasteiger partial charge in [-0.1, -0.05) is 0 Å². The van der Waals surface area contributed by atoms with Crippen molar-refractivity contribution in [3.63, 3.8) is 0 Å². The van der Waals surface area contributed by atoms with Crippen LogP contribution in [0, 0.1) is 12.3 Å².